The van der Waals surface area contributed by atoms with Crippen molar-refractivity contribution in [1.29, 1.82) is 0 Å². The minimum atomic E-state index is 0. The number of hydrogen-bond donors (Lipinski definition) is 2. The van der Waals surface area contributed by atoms with E-state index in [9.17, 15) is 10.2 Å². The summed E-state index contributed by atoms with van der Waals surface area (Å²) in [7, 11) is 0. The molecule has 0 bridgehead atoms. The molecule has 31 heavy (non-hydrogen) atoms. The third-order valence-corrected chi connectivity index (χ3v) is 8.90. The second-order valence-corrected chi connectivity index (χ2v) is 10.7. The maximum atomic E-state index is 9.49. The van der Waals surface area contributed by atoms with E-state index in [2.05, 4.69) is 35.0 Å². The minimum Gasteiger partial charge on any atom is -0.507 e. The Morgan fingerprint density at radius 1 is 0.677 bits per heavy atom. The molecule has 0 spiro atoms. The zero-order valence-electron chi connectivity index (χ0n) is 18.1. The molecule has 0 amide bonds. The number of hydrogen-bond acceptors (Lipinski definition) is 8. The number of benzene rings is 2. The number of nitrogens with zero attached hydrogens (tertiary/aromatic N) is 2. The summed E-state index contributed by atoms with van der Waals surface area (Å²) in [5.74, 6) is 0.567. The van der Waals surface area contributed by atoms with Crippen LogP contribution in [0.25, 0.3) is 0 Å². The summed E-state index contributed by atoms with van der Waals surface area (Å²) < 4.78 is 0.985. The van der Waals surface area contributed by atoms with Gasteiger partial charge in [-0.25, -0.2) is 0 Å². The van der Waals surface area contributed by atoms with Gasteiger partial charge in [-0.15, -0.1) is 47.0 Å². The van der Waals surface area contributed by atoms with E-state index in [0.717, 1.165) is 24.2 Å². The van der Waals surface area contributed by atoms with Gasteiger partial charge in [-0.05, 0) is 49.3 Å². The number of rotatable bonds is 10. The average molecular weight is 546 g/mol. The van der Waals surface area contributed by atoms with E-state index in [1.165, 1.54) is 0 Å². The fraction of sp³-hybridized carbons (Fsp3) is 0.364. The third-order valence-electron chi connectivity index (χ3n) is 3.89. The summed E-state index contributed by atoms with van der Waals surface area (Å²) in [5, 5.41) is 19.0. The van der Waals surface area contributed by atoms with Crippen LogP contribution in [0.5, 0.6) is 11.5 Å². The number of aromatic hydroxyl groups is 2. The van der Waals surface area contributed by atoms with Crippen LogP contribution in [0.4, 0.5) is 0 Å². The molecule has 0 aliphatic rings. The molecule has 0 aliphatic heterocycles. The minimum absolute atomic E-state index is 0. The SMILES string of the molecule is CSC(CN=Cc1ccccc1O)SC.CSC(CN=Cc1ccccc1O)SC.[Cu]. The Kier molecular flexibility index (Phi) is 18.4. The molecule has 175 valence electrons. The molecule has 0 atom stereocenters. The molecule has 0 fully saturated rings. The molecule has 2 N–H and O–H groups in total. The van der Waals surface area contributed by atoms with Gasteiger partial charge in [0, 0.05) is 40.6 Å². The van der Waals surface area contributed by atoms with Crippen molar-refractivity contribution in [2.24, 2.45) is 9.98 Å². The summed E-state index contributed by atoms with van der Waals surface area (Å²) in [6.07, 6.45) is 11.8. The van der Waals surface area contributed by atoms with Crippen LogP contribution in [0.15, 0.2) is 58.5 Å². The molecule has 4 nitrogen and oxygen atoms in total. The average Bonchev–Trinajstić information content (AvgIpc) is 2.77. The van der Waals surface area contributed by atoms with Crippen LogP contribution < -0.4 is 0 Å². The van der Waals surface area contributed by atoms with Crippen molar-refractivity contribution in [3.63, 3.8) is 0 Å². The maximum Gasteiger partial charge on any atom is 0.124 e. The first kappa shape index (κ1) is 30.3. The normalized spacial score (nSPS) is 11.0. The summed E-state index contributed by atoms with van der Waals surface area (Å²) in [6, 6.07) is 14.4. The summed E-state index contributed by atoms with van der Waals surface area (Å²) >= 11 is 7.18. The Labute approximate surface area is 214 Å². The molecule has 0 aliphatic carbocycles. The molecule has 2 rings (SSSR count). The standard InChI is InChI=1S/2C11H15NOS2.Cu/c2*1-14-11(15-2)8-12-7-9-5-3-4-6-10(9)13;/h2*3-7,11,13H,8H2,1-2H3;. The zero-order chi connectivity index (χ0) is 22.2. The molecule has 0 aromatic heterocycles. The molecule has 1 radical (unpaired) electrons. The molecule has 0 saturated heterocycles. The molecule has 2 aromatic rings. The van der Waals surface area contributed by atoms with E-state index in [4.69, 9.17) is 0 Å². The number of thioether (sulfide) groups is 4. The molecular formula is C22H30CuN2O2S4. The first-order valence-electron chi connectivity index (χ1n) is 9.22. The van der Waals surface area contributed by atoms with Crippen LogP contribution in [0, 0.1) is 0 Å². The number of phenols is 2. The monoisotopic (exact) mass is 545 g/mol. The predicted octanol–water partition coefficient (Wildman–Crippen LogP) is 5.72. The van der Waals surface area contributed by atoms with Crippen LogP contribution in [-0.4, -0.2) is 69.9 Å². The quantitative estimate of drug-likeness (QED) is 0.226. The van der Waals surface area contributed by atoms with Crippen molar-refractivity contribution < 1.29 is 27.3 Å². The Hall–Kier alpha value is -0.701. The van der Waals surface area contributed by atoms with Crippen molar-refractivity contribution in [3.05, 3.63) is 59.7 Å². The van der Waals surface area contributed by atoms with Gasteiger partial charge in [0.1, 0.15) is 11.5 Å². The molecule has 9 heteroatoms. The summed E-state index contributed by atoms with van der Waals surface area (Å²) in [6.45, 7) is 1.55. The summed E-state index contributed by atoms with van der Waals surface area (Å²) in [4.78, 5) is 8.64. The Bertz CT molecular complexity index is 720. The number of para-hydroxylation sites is 2. The van der Waals surface area contributed by atoms with Crippen LogP contribution in [0.1, 0.15) is 11.1 Å². The van der Waals surface area contributed by atoms with Gasteiger partial charge >= 0.3 is 0 Å². The molecule has 0 unspecified atom stereocenters. The Balaban J connectivity index is 0.000000562. The maximum absolute atomic E-state index is 9.49. The molecule has 0 heterocycles. The zero-order valence-corrected chi connectivity index (χ0v) is 22.3. The first-order chi connectivity index (χ1) is 14.5. The van der Waals surface area contributed by atoms with Crippen molar-refractivity contribution in [3.8, 4) is 11.5 Å². The largest absolute Gasteiger partial charge is 0.507 e. The van der Waals surface area contributed by atoms with Crippen LogP contribution in [-0.2, 0) is 17.1 Å². The second-order valence-electron chi connectivity index (χ2n) is 5.91. The molecule has 2 aromatic carbocycles. The third kappa shape index (κ3) is 12.8. The van der Waals surface area contributed by atoms with Crippen molar-refractivity contribution in [2.45, 2.75) is 9.16 Å². The Morgan fingerprint density at radius 3 is 1.29 bits per heavy atom. The van der Waals surface area contributed by atoms with Gasteiger partial charge < -0.3 is 10.2 Å². The van der Waals surface area contributed by atoms with E-state index < -0.39 is 0 Å². The fourth-order valence-corrected chi connectivity index (χ4v) is 4.64. The van der Waals surface area contributed by atoms with E-state index in [-0.39, 0.29) is 28.6 Å². The van der Waals surface area contributed by atoms with Gasteiger partial charge in [-0.1, -0.05) is 24.3 Å². The van der Waals surface area contributed by atoms with Gasteiger partial charge in [0.2, 0.25) is 0 Å². The van der Waals surface area contributed by atoms with Crippen LogP contribution in [0.2, 0.25) is 0 Å². The van der Waals surface area contributed by atoms with Gasteiger partial charge in [0.25, 0.3) is 0 Å². The summed E-state index contributed by atoms with van der Waals surface area (Å²) in [5.41, 5.74) is 1.55. The fourth-order valence-electron chi connectivity index (χ4n) is 2.16. The van der Waals surface area contributed by atoms with Crippen LogP contribution >= 0.6 is 47.0 Å². The van der Waals surface area contributed by atoms with Crippen LogP contribution in [0.3, 0.4) is 0 Å². The van der Waals surface area contributed by atoms with E-state index in [1.54, 1.807) is 83.7 Å². The number of aliphatic imine (C=N–C) groups is 2. The first-order valence-corrected chi connectivity index (χ1v) is 14.4. The smallest absolute Gasteiger partial charge is 0.124 e. The van der Waals surface area contributed by atoms with Gasteiger partial charge in [-0.2, -0.15) is 0 Å². The number of phenolic OH excluding ortho intramolecular Hbond substituents is 2. The molecular weight excluding hydrogens is 516 g/mol. The van der Waals surface area contributed by atoms with Crippen molar-refractivity contribution in [2.75, 3.05) is 38.1 Å². The predicted molar refractivity (Wildman–Crippen MR) is 143 cm³/mol. The van der Waals surface area contributed by atoms with Crippen molar-refractivity contribution in [1.82, 2.24) is 0 Å². The van der Waals surface area contributed by atoms with Crippen molar-refractivity contribution >= 4 is 59.5 Å². The molecule has 0 saturated carbocycles. The van der Waals surface area contributed by atoms with Gasteiger partial charge in [-0.3, -0.25) is 9.98 Å². The Morgan fingerprint density at radius 2 is 1.00 bits per heavy atom. The van der Waals surface area contributed by atoms with E-state index in [1.807, 2.05) is 24.3 Å². The van der Waals surface area contributed by atoms with E-state index >= 15 is 0 Å². The topological polar surface area (TPSA) is 65.2 Å². The van der Waals surface area contributed by atoms with E-state index in [0.29, 0.717) is 9.16 Å². The van der Waals surface area contributed by atoms with Gasteiger partial charge in [0.15, 0.2) is 0 Å². The second kappa shape index (κ2) is 18.8. The van der Waals surface area contributed by atoms with Gasteiger partial charge in [0.05, 0.1) is 22.3 Å².